The SMILES string of the molecule is Cc1ccc(NC(=O)c2ccc(S(=O)(=O)c3ccccc3)s2)nc1. The fraction of sp³-hybridized carbons (Fsp3) is 0.0588. The van der Waals surface area contributed by atoms with E-state index in [0.29, 0.717) is 10.7 Å². The molecule has 1 amide bonds. The molecule has 3 aromatic rings. The Morgan fingerprint density at radius 2 is 1.79 bits per heavy atom. The Balaban J connectivity index is 1.82. The number of carbonyl (C=O) groups excluding carboxylic acids is 1. The summed E-state index contributed by atoms with van der Waals surface area (Å²) in [4.78, 5) is 16.9. The van der Waals surface area contributed by atoms with E-state index in [-0.39, 0.29) is 15.0 Å². The van der Waals surface area contributed by atoms with Crippen LogP contribution in [0.1, 0.15) is 15.2 Å². The maximum Gasteiger partial charge on any atom is 0.266 e. The third-order valence-electron chi connectivity index (χ3n) is 3.28. The molecule has 0 aliphatic rings. The average molecular weight is 358 g/mol. The number of carbonyl (C=O) groups is 1. The standard InChI is InChI=1S/C17H14N2O3S2/c1-12-7-9-15(18-11-12)19-17(20)14-8-10-16(23-14)24(21,22)13-5-3-2-4-6-13/h2-11H,1H3,(H,18,19,20). The number of benzene rings is 1. The summed E-state index contributed by atoms with van der Waals surface area (Å²) < 4.78 is 25.2. The van der Waals surface area contributed by atoms with Gasteiger partial charge in [-0.1, -0.05) is 24.3 Å². The lowest BCUT2D eigenvalue weighted by Gasteiger charge is -2.03. The van der Waals surface area contributed by atoms with Gasteiger partial charge >= 0.3 is 0 Å². The Hall–Kier alpha value is -2.51. The number of rotatable bonds is 4. The van der Waals surface area contributed by atoms with Crippen molar-refractivity contribution in [3.05, 3.63) is 71.2 Å². The highest BCUT2D eigenvalue weighted by molar-refractivity contribution is 7.93. The van der Waals surface area contributed by atoms with Crippen LogP contribution >= 0.6 is 11.3 Å². The van der Waals surface area contributed by atoms with Crippen molar-refractivity contribution in [1.82, 2.24) is 4.98 Å². The fourth-order valence-electron chi connectivity index (χ4n) is 2.02. The van der Waals surface area contributed by atoms with Crippen molar-refractivity contribution in [1.29, 1.82) is 0 Å². The molecule has 7 heteroatoms. The summed E-state index contributed by atoms with van der Waals surface area (Å²) >= 11 is 0.937. The maximum absolute atomic E-state index is 12.5. The summed E-state index contributed by atoms with van der Waals surface area (Å²) in [6, 6.07) is 14.6. The molecule has 0 saturated carbocycles. The van der Waals surface area contributed by atoms with Crippen molar-refractivity contribution in [3.8, 4) is 0 Å². The fourth-order valence-corrected chi connectivity index (χ4v) is 4.65. The van der Waals surface area contributed by atoms with Crippen LogP contribution < -0.4 is 5.32 Å². The molecular weight excluding hydrogens is 344 g/mol. The van der Waals surface area contributed by atoms with Gasteiger partial charge in [-0.3, -0.25) is 4.79 Å². The van der Waals surface area contributed by atoms with Crippen LogP contribution in [-0.2, 0) is 9.84 Å². The Kier molecular flexibility index (Phi) is 4.46. The second-order valence-corrected chi connectivity index (χ2v) is 8.37. The third kappa shape index (κ3) is 3.37. The largest absolute Gasteiger partial charge is 0.306 e. The lowest BCUT2D eigenvalue weighted by atomic mass is 10.3. The van der Waals surface area contributed by atoms with Crippen LogP contribution in [0.15, 0.2) is 69.9 Å². The van der Waals surface area contributed by atoms with Crippen LogP contribution in [0.3, 0.4) is 0 Å². The van der Waals surface area contributed by atoms with E-state index >= 15 is 0 Å². The van der Waals surface area contributed by atoms with Crippen molar-refractivity contribution < 1.29 is 13.2 Å². The second kappa shape index (κ2) is 6.54. The van der Waals surface area contributed by atoms with Crippen molar-refractivity contribution in [2.24, 2.45) is 0 Å². The smallest absolute Gasteiger partial charge is 0.266 e. The molecule has 5 nitrogen and oxygen atoms in total. The summed E-state index contributed by atoms with van der Waals surface area (Å²) in [5, 5.41) is 2.66. The highest BCUT2D eigenvalue weighted by atomic mass is 32.2. The summed E-state index contributed by atoms with van der Waals surface area (Å²) in [6.45, 7) is 1.90. The van der Waals surface area contributed by atoms with Gasteiger partial charge in [0.1, 0.15) is 10.0 Å². The van der Waals surface area contributed by atoms with Crippen molar-refractivity contribution in [3.63, 3.8) is 0 Å². The molecule has 3 rings (SSSR count). The van der Waals surface area contributed by atoms with Crippen molar-refractivity contribution in [2.75, 3.05) is 5.32 Å². The maximum atomic E-state index is 12.5. The van der Waals surface area contributed by atoms with Crippen LogP contribution in [0.25, 0.3) is 0 Å². The van der Waals surface area contributed by atoms with E-state index in [1.165, 1.54) is 24.3 Å². The molecule has 24 heavy (non-hydrogen) atoms. The Morgan fingerprint density at radius 1 is 1.04 bits per heavy atom. The van der Waals surface area contributed by atoms with Gasteiger partial charge in [-0.05, 0) is 42.8 Å². The van der Waals surface area contributed by atoms with E-state index in [1.54, 1.807) is 30.5 Å². The first-order valence-corrected chi connectivity index (χ1v) is 9.41. The quantitative estimate of drug-likeness (QED) is 0.774. The van der Waals surface area contributed by atoms with Crippen LogP contribution in [0, 0.1) is 6.92 Å². The number of aryl methyl sites for hydroxylation is 1. The van der Waals surface area contributed by atoms with Gasteiger partial charge in [0.25, 0.3) is 5.91 Å². The van der Waals surface area contributed by atoms with Gasteiger partial charge in [0, 0.05) is 6.20 Å². The normalized spacial score (nSPS) is 11.2. The number of hydrogen-bond donors (Lipinski definition) is 1. The minimum absolute atomic E-state index is 0.135. The van der Waals surface area contributed by atoms with E-state index in [4.69, 9.17) is 0 Å². The van der Waals surface area contributed by atoms with Crippen LogP contribution in [0.4, 0.5) is 5.82 Å². The minimum atomic E-state index is -3.61. The molecule has 0 saturated heterocycles. The van der Waals surface area contributed by atoms with Crippen molar-refractivity contribution >= 4 is 32.9 Å². The minimum Gasteiger partial charge on any atom is -0.306 e. The van der Waals surface area contributed by atoms with Crippen molar-refractivity contribution in [2.45, 2.75) is 16.0 Å². The number of aromatic nitrogens is 1. The molecule has 122 valence electrons. The van der Waals surface area contributed by atoms with Crippen LogP contribution in [-0.4, -0.2) is 19.3 Å². The van der Waals surface area contributed by atoms with Gasteiger partial charge in [-0.15, -0.1) is 11.3 Å². The van der Waals surface area contributed by atoms with Gasteiger partial charge in [-0.25, -0.2) is 13.4 Å². The third-order valence-corrected chi connectivity index (χ3v) is 6.62. The Labute approximate surface area is 143 Å². The number of sulfone groups is 1. The molecule has 0 aliphatic heterocycles. The molecular formula is C17H14N2O3S2. The number of nitrogens with zero attached hydrogens (tertiary/aromatic N) is 1. The molecule has 0 aliphatic carbocycles. The molecule has 2 aromatic heterocycles. The first-order chi connectivity index (χ1) is 11.5. The summed E-state index contributed by atoms with van der Waals surface area (Å²) in [6.07, 6.45) is 1.65. The molecule has 0 radical (unpaired) electrons. The summed E-state index contributed by atoms with van der Waals surface area (Å²) in [5.74, 6) is 0.0392. The number of anilines is 1. The van der Waals surface area contributed by atoms with Gasteiger partial charge < -0.3 is 5.32 Å². The molecule has 0 atom stereocenters. The van der Waals surface area contributed by atoms with E-state index < -0.39 is 9.84 Å². The topological polar surface area (TPSA) is 76.1 Å². The number of amides is 1. The highest BCUT2D eigenvalue weighted by Gasteiger charge is 2.21. The van der Waals surface area contributed by atoms with Gasteiger partial charge in [0.15, 0.2) is 0 Å². The van der Waals surface area contributed by atoms with E-state index in [9.17, 15) is 13.2 Å². The zero-order valence-corrected chi connectivity index (χ0v) is 14.4. The van der Waals surface area contributed by atoms with Gasteiger partial charge in [0.2, 0.25) is 9.84 Å². The molecule has 0 unspecified atom stereocenters. The lowest BCUT2D eigenvalue weighted by molar-refractivity contribution is 0.103. The second-order valence-electron chi connectivity index (χ2n) is 5.11. The highest BCUT2D eigenvalue weighted by Crippen LogP contribution is 2.28. The van der Waals surface area contributed by atoms with E-state index in [0.717, 1.165) is 16.9 Å². The predicted octanol–water partition coefficient (Wildman–Crippen LogP) is 3.54. The molecule has 2 heterocycles. The zero-order chi connectivity index (χ0) is 17.2. The molecule has 0 spiro atoms. The summed E-state index contributed by atoms with van der Waals surface area (Å²) in [7, 11) is -3.61. The molecule has 0 fully saturated rings. The molecule has 1 N–H and O–H groups in total. The first-order valence-electron chi connectivity index (χ1n) is 7.11. The Bertz CT molecular complexity index is 963. The van der Waals surface area contributed by atoms with E-state index in [2.05, 4.69) is 10.3 Å². The van der Waals surface area contributed by atoms with Crippen LogP contribution in [0.2, 0.25) is 0 Å². The number of hydrogen-bond acceptors (Lipinski definition) is 5. The average Bonchev–Trinajstić information content (AvgIpc) is 3.09. The predicted molar refractivity (Wildman–Crippen MR) is 93.1 cm³/mol. The molecule has 0 bridgehead atoms. The number of thiophene rings is 1. The Morgan fingerprint density at radius 3 is 2.46 bits per heavy atom. The summed E-state index contributed by atoms with van der Waals surface area (Å²) in [5.41, 5.74) is 0.986. The van der Waals surface area contributed by atoms with Crippen LogP contribution in [0.5, 0.6) is 0 Å². The van der Waals surface area contributed by atoms with E-state index in [1.807, 2.05) is 13.0 Å². The lowest BCUT2D eigenvalue weighted by Crippen LogP contribution is -2.11. The van der Waals surface area contributed by atoms with Gasteiger partial charge in [-0.2, -0.15) is 0 Å². The first kappa shape index (κ1) is 16.4. The number of pyridine rings is 1. The number of nitrogens with one attached hydrogen (secondary N) is 1. The van der Waals surface area contributed by atoms with Gasteiger partial charge in [0.05, 0.1) is 9.77 Å². The monoisotopic (exact) mass is 358 g/mol. The molecule has 1 aromatic carbocycles. The zero-order valence-electron chi connectivity index (χ0n) is 12.8.